The van der Waals surface area contributed by atoms with Crippen molar-refractivity contribution in [3.05, 3.63) is 0 Å². The molecule has 1 rings (SSSR count). The first-order valence-electron chi connectivity index (χ1n) is 10.1. The van der Waals surface area contributed by atoms with Crippen molar-refractivity contribution in [3.8, 4) is 0 Å². The van der Waals surface area contributed by atoms with E-state index in [1.165, 1.54) is 103 Å². The van der Waals surface area contributed by atoms with Gasteiger partial charge < -0.3 is 5.32 Å². The highest BCUT2D eigenvalue weighted by Gasteiger charge is 2.23. The molecule has 1 aliphatic rings. The van der Waals surface area contributed by atoms with Crippen LogP contribution in [0.25, 0.3) is 0 Å². The second-order valence-corrected chi connectivity index (χ2v) is 7.22. The Morgan fingerprint density at radius 1 is 0.762 bits per heavy atom. The minimum Gasteiger partial charge on any atom is -0.314 e. The smallest absolute Gasteiger partial charge is 0.00953 e. The van der Waals surface area contributed by atoms with Crippen LogP contribution in [0.3, 0.4) is 0 Å². The predicted molar refractivity (Wildman–Crippen MR) is 95.9 cm³/mol. The molecular formula is C20H41N. The first kappa shape index (κ1) is 19.0. The van der Waals surface area contributed by atoms with E-state index in [2.05, 4.69) is 19.2 Å². The van der Waals surface area contributed by atoms with Crippen molar-refractivity contribution in [2.45, 2.75) is 116 Å². The molecule has 1 heteroatoms. The molecule has 1 atom stereocenters. The molecular weight excluding hydrogens is 254 g/mol. The monoisotopic (exact) mass is 295 g/mol. The van der Waals surface area contributed by atoms with Gasteiger partial charge >= 0.3 is 0 Å². The molecule has 0 saturated heterocycles. The molecule has 1 N–H and O–H groups in total. The summed E-state index contributed by atoms with van der Waals surface area (Å²) in [6.45, 7) is 5.81. The van der Waals surface area contributed by atoms with Crippen LogP contribution in [0.5, 0.6) is 0 Å². The minimum atomic E-state index is 0.831. The molecule has 21 heavy (non-hydrogen) atoms. The Labute approximate surface area is 134 Å². The third-order valence-electron chi connectivity index (χ3n) is 5.24. The van der Waals surface area contributed by atoms with E-state index >= 15 is 0 Å². The Balaban J connectivity index is 1.99. The van der Waals surface area contributed by atoms with Gasteiger partial charge in [-0.1, -0.05) is 84.5 Å². The zero-order valence-electron chi connectivity index (χ0n) is 15.0. The number of rotatable bonds is 14. The lowest BCUT2D eigenvalue weighted by Gasteiger charge is -2.24. The number of hydrogen-bond acceptors (Lipinski definition) is 1. The molecule has 0 radical (unpaired) electrons. The van der Waals surface area contributed by atoms with Crippen LogP contribution in [0, 0.1) is 5.92 Å². The van der Waals surface area contributed by atoms with E-state index in [4.69, 9.17) is 0 Å². The molecule has 1 nitrogen and oxygen atoms in total. The molecule has 1 unspecified atom stereocenters. The van der Waals surface area contributed by atoms with Crippen molar-refractivity contribution in [3.63, 3.8) is 0 Å². The Morgan fingerprint density at radius 3 is 1.90 bits per heavy atom. The molecule has 0 aliphatic heterocycles. The molecule has 0 spiro atoms. The molecule has 0 aromatic carbocycles. The summed E-state index contributed by atoms with van der Waals surface area (Å²) in [4.78, 5) is 0. The van der Waals surface area contributed by atoms with E-state index in [9.17, 15) is 0 Å². The highest BCUT2D eigenvalue weighted by Crippen LogP contribution is 2.30. The van der Waals surface area contributed by atoms with Crippen molar-refractivity contribution in [2.24, 2.45) is 5.92 Å². The van der Waals surface area contributed by atoms with Gasteiger partial charge in [-0.2, -0.15) is 0 Å². The molecule has 0 heterocycles. The fraction of sp³-hybridized carbons (Fsp3) is 1.00. The van der Waals surface area contributed by atoms with E-state index in [1.807, 2.05) is 0 Å². The van der Waals surface area contributed by atoms with Crippen LogP contribution < -0.4 is 5.32 Å². The second kappa shape index (κ2) is 13.6. The van der Waals surface area contributed by atoms with Crippen molar-refractivity contribution >= 4 is 0 Å². The second-order valence-electron chi connectivity index (χ2n) is 7.22. The lowest BCUT2D eigenvalue weighted by Crippen LogP contribution is -2.35. The van der Waals surface area contributed by atoms with Crippen molar-refractivity contribution in [1.29, 1.82) is 0 Å². The lowest BCUT2D eigenvalue weighted by atomic mass is 9.92. The maximum Gasteiger partial charge on any atom is 0.00953 e. The average Bonchev–Trinajstić information content (AvgIpc) is 3.02. The van der Waals surface area contributed by atoms with Crippen molar-refractivity contribution in [2.75, 3.05) is 6.54 Å². The number of hydrogen-bond donors (Lipinski definition) is 1. The predicted octanol–water partition coefficient (Wildman–Crippen LogP) is 6.47. The topological polar surface area (TPSA) is 12.0 Å². The van der Waals surface area contributed by atoms with Gasteiger partial charge in [0.25, 0.3) is 0 Å². The standard InChI is InChI=1S/C20H41N/c1-3-5-6-7-8-9-10-11-12-17-20(21-18-4-2)19-15-13-14-16-19/h19-21H,3-18H2,1-2H3. The molecule has 1 saturated carbocycles. The molecule has 0 aromatic rings. The average molecular weight is 296 g/mol. The van der Waals surface area contributed by atoms with Gasteiger partial charge in [-0.05, 0) is 38.1 Å². The zero-order valence-corrected chi connectivity index (χ0v) is 15.0. The third-order valence-corrected chi connectivity index (χ3v) is 5.24. The molecule has 1 aliphatic carbocycles. The maximum atomic E-state index is 3.84. The summed E-state index contributed by atoms with van der Waals surface area (Å²) in [5, 5.41) is 3.84. The van der Waals surface area contributed by atoms with Gasteiger partial charge in [0.1, 0.15) is 0 Å². The van der Waals surface area contributed by atoms with Crippen LogP contribution >= 0.6 is 0 Å². The Kier molecular flexibility index (Phi) is 12.3. The van der Waals surface area contributed by atoms with E-state index in [-0.39, 0.29) is 0 Å². The highest BCUT2D eigenvalue weighted by atomic mass is 14.9. The maximum absolute atomic E-state index is 3.84. The van der Waals surface area contributed by atoms with Crippen LogP contribution in [0.2, 0.25) is 0 Å². The van der Waals surface area contributed by atoms with Crippen molar-refractivity contribution < 1.29 is 0 Å². The van der Waals surface area contributed by atoms with E-state index < -0.39 is 0 Å². The Hall–Kier alpha value is -0.0400. The summed E-state index contributed by atoms with van der Waals surface area (Å²) in [6, 6.07) is 0.831. The molecule has 1 fully saturated rings. The van der Waals surface area contributed by atoms with Crippen LogP contribution in [0.1, 0.15) is 110 Å². The van der Waals surface area contributed by atoms with E-state index in [0.29, 0.717) is 0 Å². The van der Waals surface area contributed by atoms with Gasteiger partial charge in [-0.3, -0.25) is 0 Å². The molecule has 0 aromatic heterocycles. The van der Waals surface area contributed by atoms with Gasteiger partial charge in [0, 0.05) is 6.04 Å². The highest BCUT2D eigenvalue weighted by molar-refractivity contribution is 4.80. The summed E-state index contributed by atoms with van der Waals surface area (Å²) in [6.07, 6.45) is 21.7. The van der Waals surface area contributed by atoms with E-state index in [1.54, 1.807) is 0 Å². The van der Waals surface area contributed by atoms with E-state index in [0.717, 1.165) is 12.0 Å². The van der Waals surface area contributed by atoms with Gasteiger partial charge in [0.15, 0.2) is 0 Å². The SMILES string of the molecule is CCCCCCCCCCCC(NCCC)C1CCCC1. The molecule has 0 amide bonds. The van der Waals surface area contributed by atoms with Crippen LogP contribution in [-0.2, 0) is 0 Å². The van der Waals surface area contributed by atoms with Gasteiger partial charge in [-0.25, -0.2) is 0 Å². The normalized spacial score (nSPS) is 17.4. The van der Waals surface area contributed by atoms with Crippen molar-refractivity contribution in [1.82, 2.24) is 5.32 Å². The summed E-state index contributed by atoms with van der Waals surface area (Å²) >= 11 is 0. The largest absolute Gasteiger partial charge is 0.314 e. The summed E-state index contributed by atoms with van der Waals surface area (Å²) in [5.41, 5.74) is 0. The van der Waals surface area contributed by atoms with Gasteiger partial charge in [0.2, 0.25) is 0 Å². The molecule has 0 bridgehead atoms. The summed E-state index contributed by atoms with van der Waals surface area (Å²) in [7, 11) is 0. The fourth-order valence-electron chi connectivity index (χ4n) is 3.87. The summed E-state index contributed by atoms with van der Waals surface area (Å²) < 4.78 is 0. The molecule has 126 valence electrons. The first-order chi connectivity index (χ1) is 10.4. The zero-order chi connectivity index (χ0) is 15.2. The van der Waals surface area contributed by atoms with Gasteiger partial charge in [0.05, 0.1) is 0 Å². The first-order valence-corrected chi connectivity index (χ1v) is 10.1. The Morgan fingerprint density at radius 2 is 1.33 bits per heavy atom. The van der Waals surface area contributed by atoms with Gasteiger partial charge in [-0.15, -0.1) is 0 Å². The minimum absolute atomic E-state index is 0.831. The van der Waals surface area contributed by atoms with Crippen LogP contribution in [0.15, 0.2) is 0 Å². The lowest BCUT2D eigenvalue weighted by molar-refractivity contribution is 0.330. The van der Waals surface area contributed by atoms with Crippen LogP contribution in [0.4, 0.5) is 0 Å². The quantitative estimate of drug-likeness (QED) is 0.362. The Bertz CT molecular complexity index is 208. The number of unbranched alkanes of at least 4 members (excludes halogenated alkanes) is 8. The number of nitrogens with one attached hydrogen (secondary N) is 1. The third kappa shape index (κ3) is 9.55. The van der Waals surface area contributed by atoms with Crippen LogP contribution in [-0.4, -0.2) is 12.6 Å². The summed E-state index contributed by atoms with van der Waals surface area (Å²) in [5.74, 6) is 0.991. The fourth-order valence-corrected chi connectivity index (χ4v) is 3.87.